The van der Waals surface area contributed by atoms with Gasteiger partial charge in [-0.05, 0) is 36.4 Å². The lowest BCUT2D eigenvalue weighted by Gasteiger charge is -2.29. The van der Waals surface area contributed by atoms with Crippen LogP contribution in [0.1, 0.15) is 0 Å². The van der Waals surface area contributed by atoms with Gasteiger partial charge in [0.15, 0.2) is 0 Å². The molecule has 1 unspecified atom stereocenters. The molecule has 0 aliphatic rings. The topological polar surface area (TPSA) is 49.8 Å². The Kier molecular flexibility index (Phi) is 5.36. The van der Waals surface area contributed by atoms with Crippen molar-refractivity contribution in [2.75, 3.05) is 4.67 Å². The fraction of sp³-hybridized carbons (Fsp3) is 0. The number of nitrogens with zero attached hydrogens (tertiary/aromatic N) is 1. The zero-order chi connectivity index (χ0) is 17.9. The molecule has 1 atom stereocenters. The molecule has 0 spiro atoms. The summed E-state index contributed by atoms with van der Waals surface area (Å²) >= 11 is 12.5. The number of para-hydroxylation sites is 3. The average Bonchev–Trinajstić information content (AvgIpc) is 2.59. The van der Waals surface area contributed by atoms with E-state index in [4.69, 9.17) is 27.7 Å². The van der Waals surface area contributed by atoms with Crippen molar-refractivity contribution in [2.45, 2.75) is 0 Å². The van der Waals surface area contributed by atoms with E-state index in [1.807, 2.05) is 0 Å². The summed E-state index contributed by atoms with van der Waals surface area (Å²) in [4.78, 5) is 10.7. The molecule has 0 bridgehead atoms. The maximum atomic E-state index is 13.1. The Morgan fingerprint density at radius 1 is 0.800 bits per heavy atom. The minimum Gasteiger partial charge on any atom is -0.409 e. The molecule has 0 aromatic heterocycles. The largest absolute Gasteiger partial charge is 0.491 e. The lowest BCUT2D eigenvalue weighted by Crippen LogP contribution is -2.17. The van der Waals surface area contributed by atoms with Crippen LogP contribution in [0.2, 0.25) is 10.0 Å². The Hall–Kier alpha value is -1.97. The standard InChI is InChI=1S/C18H14Cl2NO3P/c19-16-12-7-13-17(20)18(16)21(14-8-3-1-4-9-14)25(22,23)24-15-10-5-2-6-11-15/h1-13H,(H,22,23). The fourth-order valence-electron chi connectivity index (χ4n) is 2.32. The van der Waals surface area contributed by atoms with E-state index in [2.05, 4.69) is 0 Å². The first kappa shape index (κ1) is 17.8. The Morgan fingerprint density at radius 2 is 1.32 bits per heavy atom. The Morgan fingerprint density at radius 3 is 1.88 bits per heavy atom. The van der Waals surface area contributed by atoms with Gasteiger partial charge < -0.3 is 4.52 Å². The van der Waals surface area contributed by atoms with Crippen LogP contribution in [0, 0.1) is 0 Å². The van der Waals surface area contributed by atoms with Crippen LogP contribution in [0.5, 0.6) is 5.75 Å². The highest BCUT2D eigenvalue weighted by molar-refractivity contribution is 7.55. The summed E-state index contributed by atoms with van der Waals surface area (Å²) in [5, 5.41) is 0.476. The van der Waals surface area contributed by atoms with E-state index < -0.39 is 7.75 Å². The monoisotopic (exact) mass is 393 g/mol. The molecule has 128 valence electrons. The smallest absolute Gasteiger partial charge is 0.409 e. The molecule has 25 heavy (non-hydrogen) atoms. The first-order valence-corrected chi connectivity index (χ1v) is 9.65. The van der Waals surface area contributed by atoms with E-state index in [-0.39, 0.29) is 21.5 Å². The molecule has 0 aliphatic heterocycles. The maximum Gasteiger partial charge on any atom is 0.491 e. The normalized spacial score (nSPS) is 13.1. The minimum atomic E-state index is -4.36. The molecule has 3 aromatic carbocycles. The highest BCUT2D eigenvalue weighted by Crippen LogP contribution is 2.56. The van der Waals surface area contributed by atoms with Gasteiger partial charge in [-0.3, -0.25) is 4.89 Å². The van der Waals surface area contributed by atoms with Crippen LogP contribution < -0.4 is 9.19 Å². The van der Waals surface area contributed by atoms with Gasteiger partial charge in [-0.15, -0.1) is 0 Å². The van der Waals surface area contributed by atoms with Gasteiger partial charge in [-0.1, -0.05) is 65.7 Å². The van der Waals surface area contributed by atoms with Gasteiger partial charge in [0.1, 0.15) is 5.75 Å². The van der Waals surface area contributed by atoms with Gasteiger partial charge in [0.25, 0.3) is 0 Å². The van der Waals surface area contributed by atoms with Crippen LogP contribution in [0.15, 0.2) is 78.9 Å². The van der Waals surface area contributed by atoms with Gasteiger partial charge in [-0.25, -0.2) is 9.24 Å². The van der Waals surface area contributed by atoms with E-state index in [9.17, 15) is 9.46 Å². The molecule has 7 heteroatoms. The summed E-state index contributed by atoms with van der Waals surface area (Å²) in [6.07, 6.45) is 0. The van der Waals surface area contributed by atoms with Crippen LogP contribution >= 0.6 is 30.9 Å². The summed E-state index contributed by atoms with van der Waals surface area (Å²) in [6, 6.07) is 21.9. The van der Waals surface area contributed by atoms with E-state index in [1.54, 1.807) is 78.9 Å². The highest BCUT2D eigenvalue weighted by Gasteiger charge is 2.36. The highest BCUT2D eigenvalue weighted by atomic mass is 35.5. The number of hydrogen-bond donors (Lipinski definition) is 1. The molecule has 0 amide bonds. The quantitative estimate of drug-likeness (QED) is 0.515. The van der Waals surface area contributed by atoms with Crippen molar-refractivity contribution in [2.24, 2.45) is 0 Å². The van der Waals surface area contributed by atoms with Crippen LogP contribution in [0.25, 0.3) is 0 Å². The Labute approximate surface area is 155 Å². The maximum absolute atomic E-state index is 13.1. The van der Waals surface area contributed by atoms with Gasteiger partial charge in [0, 0.05) is 0 Å². The molecular weight excluding hydrogens is 380 g/mol. The minimum absolute atomic E-state index is 0.207. The molecule has 3 rings (SSSR count). The zero-order valence-electron chi connectivity index (χ0n) is 12.9. The molecule has 0 fully saturated rings. The summed E-state index contributed by atoms with van der Waals surface area (Å²) in [7, 11) is -4.36. The second kappa shape index (κ2) is 7.51. The first-order chi connectivity index (χ1) is 12.0. The third kappa shape index (κ3) is 4.00. The predicted octanol–water partition coefficient (Wildman–Crippen LogP) is 6.31. The fourth-order valence-corrected chi connectivity index (χ4v) is 4.38. The van der Waals surface area contributed by atoms with Crippen molar-refractivity contribution >= 4 is 42.3 Å². The molecule has 0 heterocycles. The number of benzene rings is 3. The SMILES string of the molecule is O=P(O)(Oc1ccccc1)N(c1ccccc1)c1c(Cl)cccc1Cl. The molecule has 3 aromatic rings. The lowest BCUT2D eigenvalue weighted by molar-refractivity contribution is 0.380. The average molecular weight is 394 g/mol. The molecule has 0 radical (unpaired) electrons. The van der Waals surface area contributed by atoms with Gasteiger partial charge in [-0.2, -0.15) is 0 Å². The summed E-state index contributed by atoms with van der Waals surface area (Å²) in [6.45, 7) is 0. The number of anilines is 2. The Bertz CT molecular complexity index is 886. The van der Waals surface area contributed by atoms with Crippen molar-refractivity contribution in [3.8, 4) is 5.75 Å². The molecule has 0 saturated heterocycles. The third-order valence-electron chi connectivity index (χ3n) is 3.37. The van der Waals surface area contributed by atoms with Gasteiger partial charge in [0.2, 0.25) is 0 Å². The predicted molar refractivity (Wildman–Crippen MR) is 102 cm³/mol. The van der Waals surface area contributed by atoms with Crippen LogP contribution in [-0.2, 0) is 4.57 Å². The van der Waals surface area contributed by atoms with Gasteiger partial charge in [0.05, 0.1) is 21.4 Å². The number of hydrogen-bond acceptors (Lipinski definition) is 2. The summed E-state index contributed by atoms with van der Waals surface area (Å²) in [5.74, 6) is 0.262. The van der Waals surface area contributed by atoms with Crippen molar-refractivity contribution < 1.29 is 14.0 Å². The van der Waals surface area contributed by atoms with E-state index in [0.29, 0.717) is 5.69 Å². The zero-order valence-corrected chi connectivity index (χ0v) is 15.3. The van der Waals surface area contributed by atoms with Crippen molar-refractivity contribution in [1.82, 2.24) is 0 Å². The van der Waals surface area contributed by atoms with E-state index in [0.717, 1.165) is 4.67 Å². The molecular formula is C18H14Cl2NO3P. The molecule has 4 nitrogen and oxygen atoms in total. The second-order valence-electron chi connectivity index (χ2n) is 5.11. The lowest BCUT2D eigenvalue weighted by atomic mass is 10.2. The first-order valence-electron chi connectivity index (χ1n) is 7.36. The summed E-state index contributed by atoms with van der Waals surface area (Å²) in [5.41, 5.74) is 0.637. The van der Waals surface area contributed by atoms with Crippen LogP contribution in [0.4, 0.5) is 11.4 Å². The van der Waals surface area contributed by atoms with Crippen LogP contribution in [0.3, 0.4) is 0 Å². The van der Waals surface area contributed by atoms with Gasteiger partial charge >= 0.3 is 7.75 Å². The van der Waals surface area contributed by atoms with Crippen molar-refractivity contribution in [3.05, 3.63) is 88.9 Å². The molecule has 0 aliphatic carbocycles. The summed E-state index contributed by atoms with van der Waals surface area (Å²) < 4.78 is 19.7. The van der Waals surface area contributed by atoms with Crippen LogP contribution in [-0.4, -0.2) is 4.89 Å². The molecule has 0 saturated carbocycles. The van der Waals surface area contributed by atoms with E-state index in [1.165, 1.54) is 0 Å². The third-order valence-corrected chi connectivity index (χ3v) is 5.37. The van der Waals surface area contributed by atoms with Crippen molar-refractivity contribution in [1.29, 1.82) is 0 Å². The van der Waals surface area contributed by atoms with Crippen molar-refractivity contribution in [3.63, 3.8) is 0 Å². The van der Waals surface area contributed by atoms with E-state index >= 15 is 0 Å². The second-order valence-corrected chi connectivity index (χ2v) is 7.49. The molecule has 1 N–H and O–H groups in total. The number of halogens is 2. The Balaban J connectivity index is 2.13. The number of rotatable bonds is 5.